The first-order valence-electron chi connectivity index (χ1n) is 6.13. The summed E-state index contributed by atoms with van der Waals surface area (Å²) in [6.45, 7) is 0. The molecule has 0 heterocycles. The van der Waals surface area contributed by atoms with E-state index in [2.05, 4.69) is 5.32 Å². The third-order valence-electron chi connectivity index (χ3n) is 3.27. The van der Waals surface area contributed by atoms with Crippen LogP contribution in [0.3, 0.4) is 0 Å². The van der Waals surface area contributed by atoms with Gasteiger partial charge < -0.3 is 10.1 Å². The fourth-order valence-electron chi connectivity index (χ4n) is 2.31. The second-order valence-electron chi connectivity index (χ2n) is 4.49. The molecule has 1 aromatic rings. The van der Waals surface area contributed by atoms with Gasteiger partial charge in [-0.1, -0.05) is 12.8 Å². The first-order chi connectivity index (χ1) is 8.74. The van der Waals surface area contributed by atoms with E-state index in [-0.39, 0.29) is 0 Å². The molecule has 2 rings (SSSR count). The molecule has 1 fully saturated rings. The predicted molar refractivity (Wildman–Crippen MR) is 68.4 cm³/mol. The van der Waals surface area contributed by atoms with Crippen molar-refractivity contribution in [2.45, 2.75) is 31.7 Å². The molecule has 18 heavy (non-hydrogen) atoms. The third-order valence-corrected chi connectivity index (χ3v) is 3.27. The molecular weight excluding hydrogens is 228 g/mol. The Kier molecular flexibility index (Phi) is 3.83. The Bertz CT molecular complexity index is 485. The molecule has 0 radical (unpaired) electrons. The molecule has 94 valence electrons. The molecule has 1 N–H and O–H groups in total. The number of nitrogens with zero attached hydrogens (tertiary/aromatic N) is 1. The third kappa shape index (κ3) is 2.62. The number of anilines is 1. The van der Waals surface area contributed by atoms with E-state index in [1.165, 1.54) is 20.0 Å². The normalized spacial score (nSPS) is 15.1. The number of methoxy groups -OCH3 is 1. The molecule has 0 unspecified atom stereocenters. The fourth-order valence-corrected chi connectivity index (χ4v) is 2.31. The number of nitriles is 1. The van der Waals surface area contributed by atoms with Gasteiger partial charge in [-0.25, -0.2) is 4.79 Å². The number of carbonyl (C=O) groups excluding carboxylic acids is 1. The van der Waals surface area contributed by atoms with Crippen LogP contribution in [0.2, 0.25) is 0 Å². The summed E-state index contributed by atoms with van der Waals surface area (Å²) in [5, 5.41) is 12.2. The Morgan fingerprint density at radius 2 is 2.17 bits per heavy atom. The second-order valence-corrected chi connectivity index (χ2v) is 4.49. The van der Waals surface area contributed by atoms with Crippen molar-refractivity contribution in [2.24, 2.45) is 0 Å². The van der Waals surface area contributed by atoms with Gasteiger partial charge in [0.1, 0.15) is 0 Å². The minimum absolute atomic E-state index is 0.410. The molecular formula is C14H16N2O2. The Hall–Kier alpha value is -2.02. The molecule has 0 spiro atoms. The molecule has 1 saturated carbocycles. The molecule has 1 aliphatic rings. The van der Waals surface area contributed by atoms with Gasteiger partial charge in [0.25, 0.3) is 0 Å². The summed E-state index contributed by atoms with van der Waals surface area (Å²) in [6.07, 6.45) is 4.70. The standard InChI is InChI=1S/C14H16N2O2/c1-18-14(17)12-8-10(9-15)6-7-13(12)16-11-4-2-3-5-11/h6-8,11,16H,2-5H2,1H3. The smallest absolute Gasteiger partial charge is 0.340 e. The van der Waals surface area contributed by atoms with E-state index in [1.54, 1.807) is 18.2 Å². The van der Waals surface area contributed by atoms with E-state index in [1.807, 2.05) is 6.07 Å². The number of hydrogen-bond acceptors (Lipinski definition) is 4. The van der Waals surface area contributed by atoms with Crippen LogP contribution in [0.1, 0.15) is 41.6 Å². The number of ether oxygens (including phenoxy) is 1. The first kappa shape index (κ1) is 12.4. The van der Waals surface area contributed by atoms with E-state index in [9.17, 15) is 4.79 Å². The highest BCUT2D eigenvalue weighted by atomic mass is 16.5. The van der Waals surface area contributed by atoms with Crippen LogP contribution in [0.15, 0.2) is 18.2 Å². The van der Waals surface area contributed by atoms with Crippen molar-refractivity contribution in [3.05, 3.63) is 29.3 Å². The van der Waals surface area contributed by atoms with Crippen molar-refractivity contribution in [3.8, 4) is 6.07 Å². The van der Waals surface area contributed by atoms with Crippen LogP contribution in [-0.2, 0) is 4.74 Å². The monoisotopic (exact) mass is 244 g/mol. The van der Waals surface area contributed by atoms with E-state index >= 15 is 0 Å². The van der Waals surface area contributed by atoms with Crippen molar-refractivity contribution < 1.29 is 9.53 Å². The van der Waals surface area contributed by atoms with Gasteiger partial charge in [-0.15, -0.1) is 0 Å². The van der Waals surface area contributed by atoms with Gasteiger partial charge >= 0.3 is 5.97 Å². The van der Waals surface area contributed by atoms with E-state index in [4.69, 9.17) is 10.00 Å². The molecule has 0 atom stereocenters. The van der Waals surface area contributed by atoms with Gasteiger partial charge in [-0.3, -0.25) is 0 Å². The van der Waals surface area contributed by atoms with Crippen LogP contribution in [0.4, 0.5) is 5.69 Å². The summed E-state index contributed by atoms with van der Waals surface area (Å²) in [4.78, 5) is 11.7. The van der Waals surface area contributed by atoms with Gasteiger partial charge in [-0.2, -0.15) is 5.26 Å². The fraction of sp³-hybridized carbons (Fsp3) is 0.429. The summed E-state index contributed by atoms with van der Waals surface area (Å²) in [5.74, 6) is -0.410. The average molecular weight is 244 g/mol. The largest absolute Gasteiger partial charge is 0.465 e. The highest BCUT2D eigenvalue weighted by molar-refractivity contribution is 5.96. The van der Waals surface area contributed by atoms with Crippen molar-refractivity contribution >= 4 is 11.7 Å². The van der Waals surface area contributed by atoms with Crippen LogP contribution in [-0.4, -0.2) is 19.1 Å². The number of nitrogens with one attached hydrogen (secondary N) is 1. The molecule has 0 saturated heterocycles. The minimum Gasteiger partial charge on any atom is -0.465 e. The summed E-state index contributed by atoms with van der Waals surface area (Å²) < 4.78 is 4.75. The number of rotatable bonds is 3. The zero-order valence-electron chi connectivity index (χ0n) is 10.4. The number of hydrogen-bond donors (Lipinski definition) is 1. The summed E-state index contributed by atoms with van der Waals surface area (Å²) >= 11 is 0. The molecule has 0 bridgehead atoms. The molecule has 0 amide bonds. The lowest BCUT2D eigenvalue weighted by Crippen LogP contribution is -2.17. The van der Waals surface area contributed by atoms with Crippen LogP contribution in [0.5, 0.6) is 0 Å². The minimum atomic E-state index is -0.410. The van der Waals surface area contributed by atoms with Crippen molar-refractivity contribution in [1.82, 2.24) is 0 Å². The lowest BCUT2D eigenvalue weighted by molar-refractivity contribution is 0.0601. The van der Waals surface area contributed by atoms with E-state index in [0.29, 0.717) is 17.2 Å². The molecule has 0 aromatic heterocycles. The zero-order valence-corrected chi connectivity index (χ0v) is 10.4. The Morgan fingerprint density at radius 1 is 1.44 bits per heavy atom. The summed E-state index contributed by atoms with van der Waals surface area (Å²) in [7, 11) is 1.35. The SMILES string of the molecule is COC(=O)c1cc(C#N)ccc1NC1CCCC1. The van der Waals surface area contributed by atoms with Crippen LogP contribution in [0.25, 0.3) is 0 Å². The van der Waals surface area contributed by atoms with Crippen LogP contribution >= 0.6 is 0 Å². The number of esters is 1. The second kappa shape index (κ2) is 5.54. The maximum Gasteiger partial charge on any atom is 0.340 e. The highest BCUT2D eigenvalue weighted by Crippen LogP contribution is 2.25. The van der Waals surface area contributed by atoms with Crippen LogP contribution < -0.4 is 5.32 Å². The molecule has 1 aliphatic carbocycles. The molecule has 4 heteroatoms. The van der Waals surface area contributed by atoms with Crippen molar-refractivity contribution in [3.63, 3.8) is 0 Å². The first-order valence-corrected chi connectivity index (χ1v) is 6.13. The lowest BCUT2D eigenvalue weighted by Gasteiger charge is -2.16. The van der Waals surface area contributed by atoms with Crippen molar-refractivity contribution in [2.75, 3.05) is 12.4 Å². The summed E-state index contributed by atoms with van der Waals surface area (Å²) in [5.41, 5.74) is 1.66. The Morgan fingerprint density at radius 3 is 2.78 bits per heavy atom. The molecule has 1 aromatic carbocycles. The lowest BCUT2D eigenvalue weighted by atomic mass is 10.1. The van der Waals surface area contributed by atoms with Crippen molar-refractivity contribution in [1.29, 1.82) is 5.26 Å². The van der Waals surface area contributed by atoms with E-state index in [0.717, 1.165) is 18.5 Å². The topological polar surface area (TPSA) is 62.1 Å². The van der Waals surface area contributed by atoms with Gasteiger partial charge in [0.2, 0.25) is 0 Å². The highest BCUT2D eigenvalue weighted by Gasteiger charge is 2.18. The van der Waals surface area contributed by atoms with Gasteiger partial charge in [0.15, 0.2) is 0 Å². The van der Waals surface area contributed by atoms with Gasteiger partial charge in [-0.05, 0) is 31.0 Å². The Labute approximate surface area is 107 Å². The predicted octanol–water partition coefficient (Wildman–Crippen LogP) is 2.70. The summed E-state index contributed by atoms with van der Waals surface area (Å²) in [6, 6.07) is 7.51. The Balaban J connectivity index is 2.27. The quantitative estimate of drug-likeness (QED) is 0.830. The zero-order chi connectivity index (χ0) is 13.0. The molecule has 4 nitrogen and oxygen atoms in total. The molecule has 0 aliphatic heterocycles. The van der Waals surface area contributed by atoms with E-state index < -0.39 is 5.97 Å². The average Bonchev–Trinajstić information content (AvgIpc) is 2.91. The maximum absolute atomic E-state index is 11.7. The maximum atomic E-state index is 11.7. The number of benzene rings is 1. The van der Waals surface area contributed by atoms with Gasteiger partial charge in [0, 0.05) is 11.7 Å². The van der Waals surface area contributed by atoms with Gasteiger partial charge in [0.05, 0.1) is 24.3 Å². The van der Waals surface area contributed by atoms with Crippen LogP contribution in [0, 0.1) is 11.3 Å². The number of carbonyl (C=O) groups is 1.